The second kappa shape index (κ2) is 12.4. The highest BCUT2D eigenvalue weighted by molar-refractivity contribution is 7.89. The molecule has 0 bridgehead atoms. The lowest BCUT2D eigenvalue weighted by molar-refractivity contribution is 0.0986. The van der Waals surface area contributed by atoms with E-state index in [2.05, 4.69) is 44.7 Å². The summed E-state index contributed by atoms with van der Waals surface area (Å²) in [4.78, 5) is 22.6. The van der Waals surface area contributed by atoms with E-state index >= 15 is 0 Å². The lowest BCUT2D eigenvalue weighted by atomic mass is 9.94. The molecule has 2 aromatic carbocycles. The fraction of sp³-hybridized carbons (Fsp3) is 0.500. The van der Waals surface area contributed by atoms with Crippen LogP contribution in [0.1, 0.15) is 48.2 Å². The van der Waals surface area contributed by atoms with Gasteiger partial charge in [-0.2, -0.15) is 4.31 Å². The molecule has 10 heteroatoms. The number of amides is 1. The molecule has 1 aliphatic rings. The number of aryl methyl sites for hydroxylation is 2. The maximum atomic E-state index is 13.7. The number of thiazole rings is 1. The van der Waals surface area contributed by atoms with Gasteiger partial charge >= 0.3 is 0 Å². The van der Waals surface area contributed by atoms with Crippen molar-refractivity contribution in [2.24, 2.45) is 11.8 Å². The third kappa shape index (κ3) is 6.74. The van der Waals surface area contributed by atoms with Crippen LogP contribution >= 0.6 is 23.7 Å². The Labute approximate surface area is 237 Å². The molecule has 1 fully saturated rings. The molecule has 0 aliphatic carbocycles. The summed E-state index contributed by atoms with van der Waals surface area (Å²) in [6.45, 7) is 10.8. The van der Waals surface area contributed by atoms with E-state index < -0.39 is 10.0 Å². The Morgan fingerprint density at radius 2 is 1.63 bits per heavy atom. The SMILES string of the molecule is Cc1cc2nc(N(CCCN(C)C)C(=O)c3ccc(S(=O)(=O)N4CC(C)CC(C)C4)cc3)sc2cc1C.Cl. The third-order valence-corrected chi connectivity index (χ3v) is 9.92. The van der Waals surface area contributed by atoms with Crippen LogP contribution in [0.3, 0.4) is 0 Å². The van der Waals surface area contributed by atoms with Crippen LogP contribution in [-0.4, -0.2) is 68.8 Å². The van der Waals surface area contributed by atoms with Gasteiger partial charge in [-0.05, 0) is 107 Å². The van der Waals surface area contributed by atoms with Crippen molar-refractivity contribution < 1.29 is 13.2 Å². The standard InChI is InChI=1S/C28H38N4O3S2.ClH/c1-19-14-20(2)18-31(17-19)37(34,35)24-10-8-23(9-11-24)27(33)32(13-7-12-30(5)6)28-29-25-15-21(3)22(4)16-26(25)36-28;/h8-11,15-16,19-20H,7,12-14,17-18H2,1-6H3;1H. The number of nitrogens with zero attached hydrogens (tertiary/aromatic N) is 4. The number of fused-ring (bicyclic) bond motifs is 1. The predicted octanol–water partition coefficient (Wildman–Crippen LogP) is 5.60. The second-order valence-electron chi connectivity index (χ2n) is 10.8. The highest BCUT2D eigenvalue weighted by atomic mass is 35.5. The first kappa shape index (κ1) is 30.5. The largest absolute Gasteiger partial charge is 0.309 e. The maximum Gasteiger partial charge on any atom is 0.260 e. The molecule has 38 heavy (non-hydrogen) atoms. The third-order valence-electron chi connectivity index (χ3n) is 7.03. The van der Waals surface area contributed by atoms with E-state index in [9.17, 15) is 13.2 Å². The van der Waals surface area contributed by atoms with Crippen LogP contribution in [-0.2, 0) is 10.0 Å². The number of rotatable bonds is 8. The number of hydrogen-bond acceptors (Lipinski definition) is 6. The van der Waals surface area contributed by atoms with Crippen LogP contribution in [0.25, 0.3) is 10.2 Å². The molecule has 0 spiro atoms. The van der Waals surface area contributed by atoms with E-state index in [4.69, 9.17) is 4.98 Å². The van der Waals surface area contributed by atoms with Crippen molar-refractivity contribution in [1.29, 1.82) is 0 Å². The molecule has 0 saturated carbocycles. The van der Waals surface area contributed by atoms with E-state index in [0.29, 0.717) is 42.2 Å². The van der Waals surface area contributed by atoms with Crippen LogP contribution in [0, 0.1) is 25.7 Å². The van der Waals surface area contributed by atoms with E-state index in [-0.39, 0.29) is 23.2 Å². The van der Waals surface area contributed by atoms with Crippen molar-refractivity contribution in [3.63, 3.8) is 0 Å². The molecule has 2 unspecified atom stereocenters. The van der Waals surface area contributed by atoms with Gasteiger partial charge in [-0.15, -0.1) is 12.4 Å². The summed E-state index contributed by atoms with van der Waals surface area (Å²) in [5.41, 5.74) is 3.71. The molecule has 0 radical (unpaired) electrons. The number of sulfonamides is 1. The molecule has 1 amide bonds. The van der Waals surface area contributed by atoms with Crippen LogP contribution in [0.2, 0.25) is 0 Å². The van der Waals surface area contributed by atoms with Gasteiger partial charge in [-0.25, -0.2) is 13.4 Å². The van der Waals surface area contributed by atoms with Gasteiger partial charge in [0.2, 0.25) is 10.0 Å². The molecule has 1 aromatic heterocycles. The van der Waals surface area contributed by atoms with Crippen LogP contribution in [0.5, 0.6) is 0 Å². The summed E-state index contributed by atoms with van der Waals surface area (Å²) in [5.74, 6) is 0.489. The van der Waals surface area contributed by atoms with Gasteiger partial charge in [0.15, 0.2) is 5.13 Å². The number of carbonyl (C=O) groups excluding carboxylic acids is 1. The Kier molecular flexibility index (Phi) is 9.97. The van der Waals surface area contributed by atoms with Crippen LogP contribution in [0.4, 0.5) is 5.13 Å². The van der Waals surface area contributed by atoms with Crippen LogP contribution in [0.15, 0.2) is 41.3 Å². The molecule has 208 valence electrons. The van der Waals surface area contributed by atoms with E-state index in [1.54, 1.807) is 33.5 Å². The zero-order valence-electron chi connectivity index (χ0n) is 23.1. The summed E-state index contributed by atoms with van der Waals surface area (Å²) in [6.07, 6.45) is 1.83. The fourth-order valence-electron chi connectivity index (χ4n) is 4.99. The average Bonchev–Trinajstić information content (AvgIpc) is 3.23. The second-order valence-corrected chi connectivity index (χ2v) is 13.8. The number of halogens is 1. The summed E-state index contributed by atoms with van der Waals surface area (Å²) in [5, 5.41) is 0.664. The number of carbonyl (C=O) groups is 1. The van der Waals surface area contributed by atoms with E-state index in [0.717, 1.165) is 29.6 Å². The molecule has 0 N–H and O–H groups in total. The molecule has 1 aliphatic heterocycles. The number of benzene rings is 2. The molecule has 2 atom stereocenters. The summed E-state index contributed by atoms with van der Waals surface area (Å²) in [6, 6.07) is 10.6. The topological polar surface area (TPSA) is 73.8 Å². The Balaban J connectivity index is 0.00000400. The first-order chi connectivity index (χ1) is 17.5. The van der Waals surface area contributed by atoms with Crippen molar-refractivity contribution in [2.75, 3.05) is 45.2 Å². The normalized spacial score (nSPS) is 18.5. The quantitative estimate of drug-likeness (QED) is 0.348. The predicted molar refractivity (Wildman–Crippen MR) is 159 cm³/mol. The highest BCUT2D eigenvalue weighted by Crippen LogP contribution is 2.32. The molecule has 1 saturated heterocycles. The highest BCUT2D eigenvalue weighted by Gasteiger charge is 2.32. The molecule has 3 aromatic rings. The van der Waals surface area contributed by atoms with Crippen molar-refractivity contribution in [2.45, 2.75) is 45.4 Å². The van der Waals surface area contributed by atoms with Crippen molar-refractivity contribution >= 4 is 55.0 Å². The van der Waals surface area contributed by atoms with Gasteiger partial charge in [-0.3, -0.25) is 9.69 Å². The van der Waals surface area contributed by atoms with Gasteiger partial charge in [0.25, 0.3) is 5.91 Å². The number of aromatic nitrogens is 1. The van der Waals surface area contributed by atoms with Crippen LogP contribution < -0.4 is 4.90 Å². The molecule has 4 rings (SSSR count). The molecule has 7 nitrogen and oxygen atoms in total. The molecular weight excluding hydrogens is 540 g/mol. The Morgan fingerprint density at radius 3 is 2.24 bits per heavy atom. The van der Waals surface area contributed by atoms with E-state index in [1.807, 2.05) is 14.1 Å². The van der Waals surface area contributed by atoms with Crippen molar-refractivity contribution in [3.8, 4) is 0 Å². The zero-order chi connectivity index (χ0) is 26.9. The Bertz CT molecular complexity index is 1320. The Hall–Kier alpha value is -2.04. The van der Waals surface area contributed by atoms with Gasteiger partial charge in [0, 0.05) is 25.2 Å². The first-order valence-electron chi connectivity index (χ1n) is 12.9. The smallest absolute Gasteiger partial charge is 0.260 e. The maximum absolute atomic E-state index is 13.7. The number of piperidine rings is 1. The Morgan fingerprint density at radius 1 is 1.03 bits per heavy atom. The van der Waals surface area contributed by atoms with Gasteiger partial charge in [0.05, 0.1) is 15.1 Å². The lowest BCUT2D eigenvalue weighted by Crippen LogP contribution is -2.42. The minimum atomic E-state index is -3.60. The minimum Gasteiger partial charge on any atom is -0.309 e. The average molecular weight is 579 g/mol. The van der Waals surface area contributed by atoms with Crippen molar-refractivity contribution in [1.82, 2.24) is 14.2 Å². The van der Waals surface area contributed by atoms with Gasteiger partial charge < -0.3 is 4.90 Å². The van der Waals surface area contributed by atoms with Gasteiger partial charge in [-0.1, -0.05) is 25.2 Å². The number of anilines is 1. The van der Waals surface area contributed by atoms with Gasteiger partial charge in [0.1, 0.15) is 0 Å². The van der Waals surface area contributed by atoms with Crippen molar-refractivity contribution in [3.05, 3.63) is 53.1 Å². The first-order valence-corrected chi connectivity index (χ1v) is 15.2. The summed E-state index contributed by atoms with van der Waals surface area (Å²) < 4.78 is 29.2. The summed E-state index contributed by atoms with van der Waals surface area (Å²) >= 11 is 1.51. The molecule has 2 heterocycles. The molecular formula is C28H39ClN4O3S2. The minimum absolute atomic E-state index is 0. The monoisotopic (exact) mass is 578 g/mol. The zero-order valence-corrected chi connectivity index (χ0v) is 25.5. The number of hydrogen-bond donors (Lipinski definition) is 0. The van der Waals surface area contributed by atoms with E-state index in [1.165, 1.54) is 22.5 Å². The fourth-order valence-corrected chi connectivity index (χ4v) is 7.74. The lowest BCUT2D eigenvalue weighted by Gasteiger charge is -2.34. The summed E-state index contributed by atoms with van der Waals surface area (Å²) in [7, 11) is 0.425.